The third-order valence-electron chi connectivity index (χ3n) is 4.24. The van der Waals surface area contributed by atoms with E-state index in [0.29, 0.717) is 23.9 Å². The fourth-order valence-corrected chi connectivity index (χ4v) is 2.84. The Morgan fingerprint density at radius 3 is 2.69 bits per heavy atom. The number of hydrogen-bond donors (Lipinski definition) is 2. The van der Waals surface area contributed by atoms with Crippen LogP contribution in [0.15, 0.2) is 30.3 Å². The molecule has 0 radical (unpaired) electrons. The van der Waals surface area contributed by atoms with Crippen LogP contribution >= 0.6 is 0 Å². The molecular formula is C19H25N5O2. The first-order valence-corrected chi connectivity index (χ1v) is 8.81. The molecule has 0 saturated carbocycles. The zero-order chi connectivity index (χ0) is 18.5. The Labute approximate surface area is 153 Å². The van der Waals surface area contributed by atoms with Gasteiger partial charge in [-0.3, -0.25) is 4.79 Å². The van der Waals surface area contributed by atoms with Crippen LogP contribution in [0.1, 0.15) is 29.2 Å². The number of aryl methyl sites for hydroxylation is 1. The Morgan fingerprint density at radius 2 is 2.04 bits per heavy atom. The van der Waals surface area contributed by atoms with E-state index in [4.69, 9.17) is 4.74 Å². The summed E-state index contributed by atoms with van der Waals surface area (Å²) in [6.07, 6.45) is 2.14. The van der Waals surface area contributed by atoms with Gasteiger partial charge in [-0.2, -0.15) is 0 Å². The van der Waals surface area contributed by atoms with Crippen molar-refractivity contribution in [3.8, 4) is 0 Å². The summed E-state index contributed by atoms with van der Waals surface area (Å²) in [5, 5.41) is 6.12. The lowest BCUT2D eigenvalue weighted by molar-refractivity contribution is 0.0853. The molecule has 1 fully saturated rings. The minimum Gasteiger partial charge on any atom is -0.378 e. The third-order valence-corrected chi connectivity index (χ3v) is 4.24. The van der Waals surface area contributed by atoms with Crippen molar-refractivity contribution in [2.45, 2.75) is 25.9 Å². The summed E-state index contributed by atoms with van der Waals surface area (Å²) in [6.45, 7) is 3.06. The normalized spacial score (nSPS) is 16.3. The molecule has 1 amide bonds. The molecule has 3 rings (SSSR count). The Morgan fingerprint density at radius 1 is 1.27 bits per heavy atom. The Hall–Kier alpha value is -2.67. The van der Waals surface area contributed by atoms with Crippen LogP contribution in [-0.4, -0.2) is 49.2 Å². The third kappa shape index (κ3) is 4.70. The fraction of sp³-hybridized carbons (Fsp3) is 0.421. The van der Waals surface area contributed by atoms with E-state index in [1.54, 1.807) is 13.0 Å². The molecule has 1 unspecified atom stereocenters. The van der Waals surface area contributed by atoms with E-state index in [2.05, 4.69) is 20.6 Å². The van der Waals surface area contributed by atoms with E-state index in [9.17, 15) is 4.79 Å². The molecule has 0 spiro atoms. The maximum atomic E-state index is 12.4. The lowest BCUT2D eigenvalue weighted by Crippen LogP contribution is -2.32. The number of aromatic nitrogens is 2. The van der Waals surface area contributed by atoms with Gasteiger partial charge < -0.3 is 20.3 Å². The largest absolute Gasteiger partial charge is 0.378 e. The van der Waals surface area contributed by atoms with Gasteiger partial charge in [0.25, 0.3) is 5.91 Å². The first-order valence-electron chi connectivity index (χ1n) is 8.81. The number of hydrogen-bond acceptors (Lipinski definition) is 6. The summed E-state index contributed by atoms with van der Waals surface area (Å²) >= 11 is 0. The van der Waals surface area contributed by atoms with E-state index >= 15 is 0 Å². The second-order valence-electron chi connectivity index (χ2n) is 6.60. The average molecular weight is 355 g/mol. The highest BCUT2D eigenvalue weighted by Crippen LogP contribution is 2.19. The second kappa shape index (κ2) is 8.14. The predicted octanol–water partition coefficient (Wildman–Crippen LogP) is 2.50. The predicted molar refractivity (Wildman–Crippen MR) is 102 cm³/mol. The monoisotopic (exact) mass is 355 g/mol. The molecule has 1 atom stereocenters. The zero-order valence-corrected chi connectivity index (χ0v) is 15.5. The number of rotatable bonds is 6. The van der Waals surface area contributed by atoms with Gasteiger partial charge in [0.1, 0.15) is 17.3 Å². The summed E-state index contributed by atoms with van der Waals surface area (Å²) in [5.41, 5.74) is 2.37. The standard InChI is InChI=1S/C19H25N5O2/c1-13-21-17(19(25)20-12-16-5-4-10-26-16)11-18(22-13)23-14-6-8-15(9-7-14)24(2)3/h6-9,11,16H,4-5,10,12H2,1-3H3,(H,20,25)(H,21,22,23). The Balaban J connectivity index is 1.67. The maximum Gasteiger partial charge on any atom is 0.270 e. The molecule has 7 nitrogen and oxygen atoms in total. The van der Waals surface area contributed by atoms with Crippen molar-refractivity contribution in [2.75, 3.05) is 37.5 Å². The van der Waals surface area contributed by atoms with Crippen LogP contribution in [-0.2, 0) is 4.74 Å². The molecule has 2 N–H and O–H groups in total. The molecule has 7 heteroatoms. The van der Waals surface area contributed by atoms with Crippen molar-refractivity contribution in [2.24, 2.45) is 0 Å². The van der Waals surface area contributed by atoms with Crippen molar-refractivity contribution >= 4 is 23.1 Å². The minimum atomic E-state index is -0.211. The zero-order valence-electron chi connectivity index (χ0n) is 15.5. The van der Waals surface area contributed by atoms with Gasteiger partial charge in [-0.15, -0.1) is 0 Å². The van der Waals surface area contributed by atoms with E-state index in [-0.39, 0.29) is 12.0 Å². The molecule has 1 aromatic carbocycles. The summed E-state index contributed by atoms with van der Waals surface area (Å²) in [4.78, 5) is 23.0. The van der Waals surface area contributed by atoms with Crippen molar-refractivity contribution in [1.82, 2.24) is 15.3 Å². The smallest absolute Gasteiger partial charge is 0.270 e. The molecule has 2 aromatic rings. The molecule has 1 saturated heterocycles. The van der Waals surface area contributed by atoms with Crippen molar-refractivity contribution in [1.29, 1.82) is 0 Å². The van der Waals surface area contributed by atoms with Gasteiger partial charge in [-0.1, -0.05) is 0 Å². The van der Waals surface area contributed by atoms with E-state index in [0.717, 1.165) is 30.8 Å². The van der Waals surface area contributed by atoms with Crippen molar-refractivity contribution in [3.05, 3.63) is 41.9 Å². The second-order valence-corrected chi connectivity index (χ2v) is 6.60. The lowest BCUT2D eigenvalue weighted by atomic mass is 10.2. The van der Waals surface area contributed by atoms with Crippen LogP contribution in [0, 0.1) is 6.92 Å². The van der Waals surface area contributed by atoms with Crippen molar-refractivity contribution in [3.63, 3.8) is 0 Å². The number of ether oxygens (including phenoxy) is 1. The lowest BCUT2D eigenvalue weighted by Gasteiger charge is -2.14. The first-order chi connectivity index (χ1) is 12.5. The molecule has 1 aliphatic rings. The number of carbonyl (C=O) groups is 1. The van der Waals surface area contributed by atoms with E-state index in [1.165, 1.54) is 0 Å². The van der Waals surface area contributed by atoms with Crippen LogP contribution < -0.4 is 15.5 Å². The summed E-state index contributed by atoms with van der Waals surface area (Å²) in [6, 6.07) is 9.66. The average Bonchev–Trinajstić information content (AvgIpc) is 3.13. The van der Waals surface area contributed by atoms with Gasteiger partial charge >= 0.3 is 0 Å². The molecular weight excluding hydrogens is 330 g/mol. The highest BCUT2D eigenvalue weighted by Gasteiger charge is 2.17. The number of carbonyl (C=O) groups excluding carboxylic acids is 1. The minimum absolute atomic E-state index is 0.106. The van der Waals surface area contributed by atoms with Gasteiger partial charge in [0, 0.05) is 44.7 Å². The number of nitrogens with zero attached hydrogens (tertiary/aromatic N) is 3. The molecule has 0 aliphatic carbocycles. The van der Waals surface area contributed by atoms with Crippen LogP contribution in [0.2, 0.25) is 0 Å². The van der Waals surface area contributed by atoms with Gasteiger partial charge in [-0.05, 0) is 44.0 Å². The highest BCUT2D eigenvalue weighted by molar-refractivity contribution is 5.93. The summed E-state index contributed by atoms with van der Waals surface area (Å²) in [7, 11) is 4.00. The van der Waals surface area contributed by atoms with Crippen molar-refractivity contribution < 1.29 is 9.53 Å². The van der Waals surface area contributed by atoms with E-state index < -0.39 is 0 Å². The van der Waals surface area contributed by atoms with Crippen LogP contribution in [0.4, 0.5) is 17.2 Å². The van der Waals surface area contributed by atoms with Gasteiger partial charge in [0.05, 0.1) is 6.10 Å². The SMILES string of the molecule is Cc1nc(Nc2ccc(N(C)C)cc2)cc(C(=O)NCC2CCCO2)n1. The fourth-order valence-electron chi connectivity index (χ4n) is 2.84. The number of amides is 1. The van der Waals surface area contributed by atoms with Gasteiger partial charge in [-0.25, -0.2) is 9.97 Å². The maximum absolute atomic E-state index is 12.4. The number of nitrogens with one attached hydrogen (secondary N) is 2. The topological polar surface area (TPSA) is 79.4 Å². The highest BCUT2D eigenvalue weighted by atomic mass is 16.5. The first kappa shape index (κ1) is 18.1. The quantitative estimate of drug-likeness (QED) is 0.829. The van der Waals surface area contributed by atoms with Gasteiger partial charge in [0.15, 0.2) is 0 Å². The van der Waals surface area contributed by atoms with Crippen LogP contribution in [0.3, 0.4) is 0 Å². The van der Waals surface area contributed by atoms with Crippen LogP contribution in [0.5, 0.6) is 0 Å². The number of anilines is 3. The summed E-state index contributed by atoms with van der Waals surface area (Å²) < 4.78 is 5.53. The molecule has 138 valence electrons. The molecule has 0 bridgehead atoms. The van der Waals surface area contributed by atoms with Gasteiger partial charge in [0.2, 0.25) is 0 Å². The Bertz CT molecular complexity index is 755. The number of benzene rings is 1. The Kier molecular flexibility index (Phi) is 5.68. The molecule has 1 aliphatic heterocycles. The van der Waals surface area contributed by atoms with E-state index in [1.807, 2.05) is 43.3 Å². The molecule has 26 heavy (non-hydrogen) atoms. The summed E-state index contributed by atoms with van der Waals surface area (Å²) in [5.74, 6) is 0.927. The molecule has 2 heterocycles. The van der Waals surface area contributed by atoms with Crippen LogP contribution in [0.25, 0.3) is 0 Å². The molecule has 1 aromatic heterocycles.